The number of carbonyl (C=O) groups excluding carboxylic acids is 5. The number of ketones is 1. The summed E-state index contributed by atoms with van der Waals surface area (Å²) in [5.41, 5.74) is 4.32. The Hall–Kier alpha value is -5.49. The molecule has 330 valence electrons. The highest BCUT2D eigenvalue weighted by atomic mass is 32.2. The van der Waals surface area contributed by atoms with E-state index in [-0.39, 0.29) is 23.8 Å². The van der Waals surface area contributed by atoms with Gasteiger partial charge in [-0.3, -0.25) is 24.5 Å². The van der Waals surface area contributed by atoms with Crippen LogP contribution in [0.15, 0.2) is 96.1 Å². The van der Waals surface area contributed by atoms with E-state index >= 15 is 0 Å². The molecule has 0 aliphatic heterocycles. The Morgan fingerprint density at radius 2 is 1.30 bits per heavy atom. The van der Waals surface area contributed by atoms with Crippen molar-refractivity contribution in [3.05, 3.63) is 108 Å². The van der Waals surface area contributed by atoms with Gasteiger partial charge in [-0.2, -0.15) is 5.10 Å². The van der Waals surface area contributed by atoms with Crippen molar-refractivity contribution in [2.24, 2.45) is 11.0 Å². The topological polar surface area (TPSA) is 236 Å². The number of urea groups is 1. The van der Waals surface area contributed by atoms with Crippen LogP contribution >= 0.6 is 0 Å². The fourth-order valence-corrected chi connectivity index (χ4v) is 8.32. The standard InChI is InChI=1S/C44H60N8O8S/c1-5-18-34(47-41(55)35(28-61(4,59)60)48-43(57)39(45-3)33-25-16-9-17-26-33)40(42(56)46-27-36(54)49-37(29(2)53)30-19-10-6-11-20-30)51-52-44(58)50-38(31-21-12-7-13-22-31)32-23-14-8-15-24-32/h6-8,10-15,19-24,33-35,37-39,42,45-46,56H,5,9,16-18,25-28H2,1-4H3,(H,47,55)(H,48,57)(H,49,54)(H2,50,52,58)/b51-40+. The lowest BCUT2D eigenvalue weighted by molar-refractivity contribution is -0.130. The summed E-state index contributed by atoms with van der Waals surface area (Å²) in [4.78, 5) is 66.9. The number of sulfone groups is 1. The van der Waals surface area contributed by atoms with Crippen LogP contribution < -0.4 is 37.3 Å². The number of hydrazone groups is 1. The molecule has 1 saturated carbocycles. The Labute approximate surface area is 358 Å². The predicted octanol–water partition coefficient (Wildman–Crippen LogP) is 2.77. The zero-order valence-corrected chi connectivity index (χ0v) is 36.0. The van der Waals surface area contributed by atoms with E-state index in [4.69, 9.17) is 0 Å². The summed E-state index contributed by atoms with van der Waals surface area (Å²) in [6, 6.07) is 21.5. The molecule has 0 spiro atoms. The maximum absolute atomic E-state index is 14.1. The number of hydrogen-bond donors (Lipinski definition) is 8. The van der Waals surface area contributed by atoms with Gasteiger partial charge in [0.15, 0.2) is 5.78 Å². The average Bonchev–Trinajstić information content (AvgIpc) is 3.24. The van der Waals surface area contributed by atoms with Crippen molar-refractivity contribution in [2.45, 2.75) is 95.2 Å². The van der Waals surface area contributed by atoms with Crippen molar-refractivity contribution in [1.82, 2.24) is 37.3 Å². The lowest BCUT2D eigenvalue weighted by Crippen LogP contribution is -2.59. The van der Waals surface area contributed by atoms with Gasteiger partial charge in [-0.25, -0.2) is 18.6 Å². The molecule has 1 fully saturated rings. The number of Topliss-reactive ketones (excluding diaryl/α,β-unsaturated/α-hetero) is 1. The number of amides is 5. The minimum atomic E-state index is -3.81. The summed E-state index contributed by atoms with van der Waals surface area (Å²) in [6.45, 7) is 2.63. The second kappa shape index (κ2) is 24.1. The SMILES string of the molecule is CCCC(NC(=O)C(CS(C)(=O)=O)NC(=O)C(NC)C1CCCCC1)/C(=N\NC(=O)NC(c1ccccc1)c1ccccc1)C(O)NCC(=O)NC(C(C)=O)c1ccccc1. The van der Waals surface area contributed by atoms with Crippen molar-refractivity contribution in [1.29, 1.82) is 0 Å². The molecule has 5 amide bonds. The quantitative estimate of drug-likeness (QED) is 0.0418. The third-order valence-electron chi connectivity index (χ3n) is 10.5. The zero-order valence-electron chi connectivity index (χ0n) is 35.2. The molecule has 61 heavy (non-hydrogen) atoms. The normalized spacial score (nSPS) is 16.0. The lowest BCUT2D eigenvalue weighted by Gasteiger charge is -2.31. The first-order valence-corrected chi connectivity index (χ1v) is 22.7. The van der Waals surface area contributed by atoms with Crippen molar-refractivity contribution >= 4 is 45.1 Å². The third kappa shape index (κ3) is 15.5. The molecule has 8 N–H and O–H groups in total. The van der Waals surface area contributed by atoms with Gasteiger partial charge in [-0.05, 0) is 55.8 Å². The van der Waals surface area contributed by atoms with Gasteiger partial charge in [-0.1, -0.05) is 124 Å². The Morgan fingerprint density at radius 1 is 0.754 bits per heavy atom. The van der Waals surface area contributed by atoms with Crippen LogP contribution in [0.2, 0.25) is 0 Å². The smallest absolute Gasteiger partial charge is 0.335 e. The number of aliphatic hydroxyl groups excluding tert-OH is 1. The highest BCUT2D eigenvalue weighted by Gasteiger charge is 2.35. The van der Waals surface area contributed by atoms with E-state index in [0.29, 0.717) is 12.0 Å². The Kier molecular flexibility index (Phi) is 19.0. The number of hydrogen-bond acceptors (Lipinski definition) is 11. The van der Waals surface area contributed by atoms with Crippen LogP contribution in [0, 0.1) is 5.92 Å². The maximum Gasteiger partial charge on any atom is 0.335 e. The summed E-state index contributed by atoms with van der Waals surface area (Å²) < 4.78 is 25.2. The van der Waals surface area contributed by atoms with E-state index in [0.717, 1.165) is 49.5 Å². The molecule has 1 aliphatic rings. The van der Waals surface area contributed by atoms with Crippen LogP contribution in [0.3, 0.4) is 0 Å². The summed E-state index contributed by atoms with van der Waals surface area (Å²) in [7, 11) is -2.17. The molecule has 3 aromatic carbocycles. The third-order valence-corrected chi connectivity index (χ3v) is 11.4. The summed E-state index contributed by atoms with van der Waals surface area (Å²) in [6.07, 6.45) is 4.33. The maximum atomic E-state index is 14.1. The number of nitrogens with one attached hydrogen (secondary N) is 7. The molecular weight excluding hydrogens is 801 g/mol. The van der Waals surface area contributed by atoms with E-state index in [1.807, 2.05) is 60.7 Å². The van der Waals surface area contributed by atoms with Gasteiger partial charge >= 0.3 is 6.03 Å². The minimum Gasteiger partial charge on any atom is -0.373 e. The van der Waals surface area contributed by atoms with Crippen molar-refractivity contribution in [3.8, 4) is 0 Å². The number of likely N-dealkylation sites (N-methyl/N-ethyl adjacent to an activating group) is 1. The molecule has 4 rings (SSSR count). The van der Waals surface area contributed by atoms with E-state index in [2.05, 4.69) is 42.4 Å². The number of aliphatic hydroxyl groups is 1. The van der Waals surface area contributed by atoms with E-state index in [1.165, 1.54) is 6.92 Å². The molecule has 0 aromatic heterocycles. The summed E-state index contributed by atoms with van der Waals surface area (Å²) >= 11 is 0. The Morgan fingerprint density at radius 3 is 1.80 bits per heavy atom. The van der Waals surface area contributed by atoms with Crippen molar-refractivity contribution in [3.63, 3.8) is 0 Å². The van der Waals surface area contributed by atoms with Crippen molar-refractivity contribution in [2.75, 3.05) is 25.6 Å². The van der Waals surface area contributed by atoms with Gasteiger partial charge in [0.2, 0.25) is 17.7 Å². The highest BCUT2D eigenvalue weighted by molar-refractivity contribution is 7.90. The zero-order chi connectivity index (χ0) is 44.4. The van der Waals surface area contributed by atoms with Gasteiger partial charge in [0, 0.05) is 6.26 Å². The molecule has 0 saturated heterocycles. The summed E-state index contributed by atoms with van der Waals surface area (Å²) in [5, 5.41) is 32.5. The molecule has 0 bridgehead atoms. The van der Waals surface area contributed by atoms with Gasteiger partial charge < -0.3 is 31.7 Å². The van der Waals surface area contributed by atoms with Gasteiger partial charge in [0.05, 0.1) is 30.4 Å². The van der Waals surface area contributed by atoms with E-state index in [9.17, 15) is 37.5 Å². The molecular formula is C44H60N8O8S. The predicted molar refractivity (Wildman–Crippen MR) is 234 cm³/mol. The van der Waals surface area contributed by atoms with E-state index < -0.39 is 82.3 Å². The van der Waals surface area contributed by atoms with Gasteiger partial charge in [-0.15, -0.1) is 0 Å². The number of benzene rings is 3. The Bertz CT molecular complexity index is 1990. The van der Waals surface area contributed by atoms with Crippen LogP contribution in [-0.4, -0.2) is 98.7 Å². The molecule has 5 atom stereocenters. The van der Waals surface area contributed by atoms with Gasteiger partial charge in [0.1, 0.15) is 33.9 Å². The second-order valence-electron chi connectivity index (χ2n) is 15.3. The highest BCUT2D eigenvalue weighted by Crippen LogP contribution is 2.27. The number of rotatable bonds is 22. The van der Waals surface area contributed by atoms with Crippen molar-refractivity contribution < 1.29 is 37.5 Å². The second-order valence-corrected chi connectivity index (χ2v) is 17.5. The molecule has 3 aromatic rings. The Balaban J connectivity index is 1.62. The van der Waals surface area contributed by atoms with E-state index in [1.54, 1.807) is 44.3 Å². The van der Waals surface area contributed by atoms with Crippen LogP contribution in [0.4, 0.5) is 4.79 Å². The van der Waals surface area contributed by atoms with Crippen LogP contribution in [0.25, 0.3) is 0 Å². The monoisotopic (exact) mass is 860 g/mol. The first kappa shape index (κ1) is 48.2. The average molecular weight is 861 g/mol. The first-order chi connectivity index (χ1) is 29.2. The number of carbonyl (C=O) groups is 5. The molecule has 5 unspecified atom stereocenters. The number of nitrogens with zero attached hydrogens (tertiary/aromatic N) is 1. The largest absolute Gasteiger partial charge is 0.373 e. The van der Waals surface area contributed by atoms with Crippen LogP contribution in [-0.2, 0) is 29.0 Å². The van der Waals surface area contributed by atoms with Crippen LogP contribution in [0.5, 0.6) is 0 Å². The molecule has 17 heteroatoms. The first-order valence-electron chi connectivity index (χ1n) is 20.7. The fraction of sp³-hybridized carbons (Fsp3) is 0.455. The molecule has 0 radical (unpaired) electrons. The van der Waals surface area contributed by atoms with Crippen LogP contribution in [0.1, 0.15) is 87.6 Å². The minimum absolute atomic E-state index is 0.00436. The molecule has 16 nitrogen and oxygen atoms in total. The molecule has 0 heterocycles. The fourth-order valence-electron chi connectivity index (χ4n) is 7.48. The molecule has 1 aliphatic carbocycles. The summed E-state index contributed by atoms with van der Waals surface area (Å²) in [5.74, 6) is -3.05. The lowest BCUT2D eigenvalue weighted by atomic mass is 9.83. The van der Waals surface area contributed by atoms with Gasteiger partial charge in [0.25, 0.3) is 0 Å².